The lowest BCUT2D eigenvalue weighted by molar-refractivity contribution is 0.148. The van der Waals surface area contributed by atoms with Gasteiger partial charge in [0.1, 0.15) is 11.5 Å². The van der Waals surface area contributed by atoms with Gasteiger partial charge in [-0.2, -0.15) is 0 Å². The average Bonchev–Trinajstić information content (AvgIpc) is 2.41. The summed E-state index contributed by atoms with van der Waals surface area (Å²) in [6.07, 6.45) is -2.62. The molecule has 0 saturated heterocycles. The third kappa shape index (κ3) is 3.26. The lowest BCUT2D eigenvalue weighted by Crippen LogP contribution is -1.96. The van der Waals surface area contributed by atoms with Crippen LogP contribution in [-0.4, -0.2) is 0 Å². The van der Waals surface area contributed by atoms with Gasteiger partial charge in [-0.05, 0) is 41.8 Å². The Bertz CT molecular complexity index is 597. The molecule has 0 saturated carbocycles. The smallest absolute Gasteiger partial charge is 0.267 e. The number of rotatable bonds is 4. The van der Waals surface area contributed by atoms with E-state index in [1.807, 2.05) is 18.2 Å². The largest absolute Gasteiger partial charge is 0.457 e. The molecule has 0 aromatic heterocycles. The molecule has 0 aliphatic rings. The summed E-state index contributed by atoms with van der Waals surface area (Å²) >= 11 is 0. The second-order valence-corrected chi connectivity index (χ2v) is 4.93. The van der Waals surface area contributed by atoms with Crippen molar-refractivity contribution in [1.29, 1.82) is 0 Å². The van der Waals surface area contributed by atoms with Crippen LogP contribution < -0.4 is 10.5 Å². The van der Waals surface area contributed by atoms with Gasteiger partial charge in [-0.1, -0.05) is 26.0 Å². The summed E-state index contributed by atoms with van der Waals surface area (Å²) in [5, 5.41) is 0. The molecule has 0 heterocycles. The van der Waals surface area contributed by atoms with Crippen LogP contribution in [0.15, 0.2) is 42.5 Å². The maximum absolute atomic E-state index is 13.0. The van der Waals surface area contributed by atoms with Crippen molar-refractivity contribution in [3.63, 3.8) is 0 Å². The molecule has 0 aliphatic carbocycles. The van der Waals surface area contributed by atoms with Gasteiger partial charge in [0.05, 0.1) is 5.56 Å². The summed E-state index contributed by atoms with van der Waals surface area (Å²) in [5.74, 6) is 1.03. The van der Waals surface area contributed by atoms with Crippen molar-refractivity contribution in [3.05, 3.63) is 53.6 Å². The van der Waals surface area contributed by atoms with Gasteiger partial charge >= 0.3 is 0 Å². The highest BCUT2D eigenvalue weighted by Crippen LogP contribution is 2.34. The molecular formula is C16H17F2NO. The van der Waals surface area contributed by atoms with E-state index in [0.29, 0.717) is 17.4 Å². The Balaban J connectivity index is 2.32. The van der Waals surface area contributed by atoms with Crippen LogP contribution >= 0.6 is 0 Å². The predicted molar refractivity (Wildman–Crippen MR) is 76.4 cm³/mol. The first-order chi connectivity index (χ1) is 9.47. The van der Waals surface area contributed by atoms with Crippen LogP contribution in [0.25, 0.3) is 0 Å². The molecule has 0 radical (unpaired) electrons. The summed E-state index contributed by atoms with van der Waals surface area (Å²) < 4.78 is 31.5. The van der Waals surface area contributed by atoms with Crippen molar-refractivity contribution >= 4 is 5.69 Å². The van der Waals surface area contributed by atoms with Gasteiger partial charge in [-0.3, -0.25) is 0 Å². The van der Waals surface area contributed by atoms with E-state index in [1.165, 1.54) is 12.1 Å². The second kappa shape index (κ2) is 5.90. The fraction of sp³-hybridized carbons (Fsp3) is 0.250. The molecule has 0 unspecified atom stereocenters. The summed E-state index contributed by atoms with van der Waals surface area (Å²) in [5.41, 5.74) is 6.73. The first-order valence-electron chi connectivity index (χ1n) is 6.42. The summed E-state index contributed by atoms with van der Waals surface area (Å²) in [7, 11) is 0. The SMILES string of the molecule is CC(C)c1cccc(Oc2ccc(N)cc2C(F)F)c1. The second-order valence-electron chi connectivity index (χ2n) is 4.93. The molecule has 0 bridgehead atoms. The first-order valence-corrected chi connectivity index (χ1v) is 6.42. The number of ether oxygens (including phenoxy) is 1. The number of nitrogen functional groups attached to an aromatic ring is 1. The van der Waals surface area contributed by atoms with Crippen LogP contribution in [0.5, 0.6) is 11.5 Å². The van der Waals surface area contributed by atoms with Gasteiger partial charge in [0.2, 0.25) is 0 Å². The van der Waals surface area contributed by atoms with Crippen molar-refractivity contribution in [3.8, 4) is 11.5 Å². The van der Waals surface area contributed by atoms with E-state index in [-0.39, 0.29) is 11.3 Å². The Morgan fingerprint density at radius 3 is 2.45 bits per heavy atom. The first kappa shape index (κ1) is 14.3. The molecular weight excluding hydrogens is 260 g/mol. The molecule has 4 heteroatoms. The standard InChI is InChI=1S/C16H17F2NO/c1-10(2)11-4-3-5-13(8-11)20-15-7-6-12(19)9-14(15)16(17)18/h3-10,16H,19H2,1-2H3. The highest BCUT2D eigenvalue weighted by molar-refractivity contribution is 5.49. The lowest BCUT2D eigenvalue weighted by atomic mass is 10.0. The van der Waals surface area contributed by atoms with Gasteiger partial charge < -0.3 is 10.5 Å². The van der Waals surface area contributed by atoms with Crippen LogP contribution in [-0.2, 0) is 0 Å². The minimum Gasteiger partial charge on any atom is -0.457 e. The molecule has 2 nitrogen and oxygen atoms in total. The number of anilines is 1. The molecule has 0 atom stereocenters. The summed E-state index contributed by atoms with van der Waals surface area (Å²) in [6, 6.07) is 11.7. The van der Waals surface area contributed by atoms with Crippen molar-refractivity contribution in [1.82, 2.24) is 0 Å². The molecule has 0 aliphatic heterocycles. The third-order valence-corrected chi connectivity index (χ3v) is 3.02. The molecule has 0 amide bonds. The summed E-state index contributed by atoms with van der Waals surface area (Å²) in [4.78, 5) is 0. The Morgan fingerprint density at radius 2 is 1.80 bits per heavy atom. The molecule has 2 aromatic carbocycles. The van der Waals surface area contributed by atoms with E-state index < -0.39 is 6.43 Å². The zero-order chi connectivity index (χ0) is 14.7. The summed E-state index contributed by atoms with van der Waals surface area (Å²) in [6.45, 7) is 4.12. The van der Waals surface area contributed by atoms with Crippen LogP contribution in [0.4, 0.5) is 14.5 Å². The Hall–Kier alpha value is -2.10. The number of nitrogens with two attached hydrogens (primary N) is 1. The Labute approximate surface area is 117 Å². The van der Waals surface area contributed by atoms with Gasteiger partial charge in [0.15, 0.2) is 0 Å². The Morgan fingerprint density at radius 1 is 1.05 bits per heavy atom. The number of hydrogen-bond donors (Lipinski definition) is 1. The van der Waals surface area contributed by atoms with Gasteiger partial charge in [-0.15, -0.1) is 0 Å². The van der Waals surface area contributed by atoms with Crippen molar-refractivity contribution in [2.24, 2.45) is 0 Å². The minimum atomic E-state index is -2.62. The zero-order valence-electron chi connectivity index (χ0n) is 11.4. The van der Waals surface area contributed by atoms with Gasteiger partial charge in [-0.25, -0.2) is 8.78 Å². The minimum absolute atomic E-state index is 0.134. The van der Waals surface area contributed by atoms with E-state index in [2.05, 4.69) is 13.8 Å². The molecule has 2 N–H and O–H groups in total. The maximum atomic E-state index is 13.0. The number of halogens is 2. The number of benzene rings is 2. The zero-order valence-corrected chi connectivity index (χ0v) is 11.4. The van der Waals surface area contributed by atoms with Crippen molar-refractivity contribution in [2.45, 2.75) is 26.2 Å². The molecule has 2 aromatic rings. The fourth-order valence-corrected chi connectivity index (χ4v) is 1.89. The molecule has 0 fully saturated rings. The van der Waals surface area contributed by atoms with E-state index in [1.54, 1.807) is 12.1 Å². The average molecular weight is 277 g/mol. The van der Waals surface area contributed by atoms with Crippen LogP contribution in [0, 0.1) is 0 Å². The van der Waals surface area contributed by atoms with Gasteiger partial charge in [0, 0.05) is 5.69 Å². The van der Waals surface area contributed by atoms with Gasteiger partial charge in [0.25, 0.3) is 6.43 Å². The number of hydrogen-bond acceptors (Lipinski definition) is 2. The quantitative estimate of drug-likeness (QED) is 0.787. The predicted octanol–water partition coefficient (Wildman–Crippen LogP) is 5.12. The fourth-order valence-electron chi connectivity index (χ4n) is 1.89. The van der Waals surface area contributed by atoms with E-state index in [0.717, 1.165) is 5.56 Å². The molecule has 106 valence electrons. The van der Waals surface area contributed by atoms with Crippen LogP contribution in [0.2, 0.25) is 0 Å². The normalized spacial score (nSPS) is 11.1. The van der Waals surface area contributed by atoms with E-state index >= 15 is 0 Å². The Kier molecular flexibility index (Phi) is 4.23. The topological polar surface area (TPSA) is 35.2 Å². The number of alkyl halides is 2. The highest BCUT2D eigenvalue weighted by Gasteiger charge is 2.15. The lowest BCUT2D eigenvalue weighted by Gasteiger charge is -2.13. The monoisotopic (exact) mass is 277 g/mol. The van der Waals surface area contributed by atoms with Crippen molar-refractivity contribution in [2.75, 3.05) is 5.73 Å². The highest BCUT2D eigenvalue weighted by atomic mass is 19.3. The molecule has 0 spiro atoms. The third-order valence-electron chi connectivity index (χ3n) is 3.02. The van der Waals surface area contributed by atoms with E-state index in [4.69, 9.17) is 10.5 Å². The van der Waals surface area contributed by atoms with Crippen molar-refractivity contribution < 1.29 is 13.5 Å². The van der Waals surface area contributed by atoms with Crippen LogP contribution in [0.1, 0.15) is 37.3 Å². The van der Waals surface area contributed by atoms with E-state index in [9.17, 15) is 8.78 Å². The van der Waals surface area contributed by atoms with Crippen LogP contribution in [0.3, 0.4) is 0 Å². The maximum Gasteiger partial charge on any atom is 0.267 e. The molecule has 2 rings (SSSR count). The molecule has 20 heavy (non-hydrogen) atoms.